The van der Waals surface area contributed by atoms with Gasteiger partial charge in [0, 0.05) is 12.1 Å². The van der Waals surface area contributed by atoms with Gasteiger partial charge < -0.3 is 15.2 Å². The lowest BCUT2D eigenvalue weighted by Gasteiger charge is -2.38. The minimum absolute atomic E-state index is 0.309. The summed E-state index contributed by atoms with van der Waals surface area (Å²) in [5.41, 5.74) is 5.46. The highest BCUT2D eigenvalue weighted by Crippen LogP contribution is 2.18. The van der Waals surface area contributed by atoms with Crippen LogP contribution in [0.15, 0.2) is 4.52 Å². The molecule has 0 unspecified atom stereocenters. The molecule has 0 atom stereocenters. The lowest BCUT2D eigenvalue weighted by molar-refractivity contribution is 0.102. The maximum Gasteiger partial charge on any atom is 0.240 e. The zero-order chi connectivity index (χ0) is 13.8. The first-order chi connectivity index (χ1) is 9.10. The van der Waals surface area contributed by atoms with Crippen LogP contribution in [0.2, 0.25) is 0 Å². The van der Waals surface area contributed by atoms with Crippen LogP contribution in [0.25, 0.3) is 0 Å². The average molecular weight is 267 g/mol. The highest BCUT2D eigenvalue weighted by Gasteiger charge is 2.24. The third-order valence-corrected chi connectivity index (χ3v) is 3.93. The highest BCUT2D eigenvalue weighted by atomic mass is 16.5. The van der Waals surface area contributed by atoms with Crippen LogP contribution < -0.4 is 5.73 Å². The first-order valence-electron chi connectivity index (χ1n) is 7.06. The summed E-state index contributed by atoms with van der Waals surface area (Å²) in [6, 6.07) is 1.26. The molecular formula is C13H25N5O. The fourth-order valence-electron chi connectivity index (χ4n) is 2.63. The largest absolute Gasteiger partial charge is 0.338 e. The van der Waals surface area contributed by atoms with Crippen molar-refractivity contribution in [2.45, 2.75) is 51.9 Å². The van der Waals surface area contributed by atoms with Crippen molar-refractivity contribution in [2.75, 3.05) is 20.1 Å². The lowest BCUT2D eigenvalue weighted by atomic mass is 10.0. The fraction of sp³-hybridized carbons (Fsp3) is 0.846. The zero-order valence-corrected chi connectivity index (χ0v) is 12.2. The standard InChI is InChI=1S/C13H25N5O/c1-10(2)18-6-4-11(5-7-18)17(3)9-12-15-13(8-14)19-16-12/h10-11H,4-9,14H2,1-3H3. The molecule has 0 aliphatic carbocycles. The highest BCUT2D eigenvalue weighted by molar-refractivity contribution is 4.88. The number of nitrogens with zero attached hydrogens (tertiary/aromatic N) is 4. The Balaban J connectivity index is 1.82. The predicted octanol–water partition coefficient (Wildman–Crippen LogP) is 0.833. The molecule has 0 aromatic carbocycles. The smallest absolute Gasteiger partial charge is 0.240 e. The minimum Gasteiger partial charge on any atom is -0.338 e. The molecule has 2 heterocycles. The van der Waals surface area contributed by atoms with E-state index in [2.05, 4.69) is 40.8 Å². The SMILES string of the molecule is CC(C)N1CCC(N(C)Cc2noc(CN)n2)CC1. The van der Waals surface area contributed by atoms with E-state index in [1.165, 1.54) is 25.9 Å². The van der Waals surface area contributed by atoms with Gasteiger partial charge in [-0.15, -0.1) is 0 Å². The van der Waals surface area contributed by atoms with Gasteiger partial charge in [0.1, 0.15) is 0 Å². The number of nitrogens with two attached hydrogens (primary N) is 1. The molecule has 1 aliphatic heterocycles. The van der Waals surface area contributed by atoms with Gasteiger partial charge in [-0.25, -0.2) is 0 Å². The molecule has 0 spiro atoms. The Labute approximate surface area is 114 Å². The quantitative estimate of drug-likeness (QED) is 0.852. The molecule has 1 aromatic heterocycles. The molecule has 1 aliphatic rings. The van der Waals surface area contributed by atoms with E-state index in [1.54, 1.807) is 0 Å². The Morgan fingerprint density at radius 3 is 2.63 bits per heavy atom. The van der Waals surface area contributed by atoms with Crippen LogP contribution in [-0.4, -0.2) is 52.2 Å². The first kappa shape index (κ1) is 14.4. The molecule has 1 aromatic rings. The Morgan fingerprint density at radius 2 is 2.11 bits per heavy atom. The van der Waals surface area contributed by atoms with Crippen LogP contribution in [-0.2, 0) is 13.1 Å². The second-order valence-electron chi connectivity index (χ2n) is 5.58. The molecule has 108 valence electrons. The van der Waals surface area contributed by atoms with Gasteiger partial charge in [0.05, 0.1) is 13.1 Å². The van der Waals surface area contributed by atoms with Gasteiger partial charge in [-0.05, 0) is 46.8 Å². The van der Waals surface area contributed by atoms with Crippen molar-refractivity contribution in [1.82, 2.24) is 19.9 Å². The van der Waals surface area contributed by atoms with Crippen molar-refractivity contribution in [3.8, 4) is 0 Å². The van der Waals surface area contributed by atoms with E-state index in [0.29, 0.717) is 24.5 Å². The Hall–Kier alpha value is -0.980. The predicted molar refractivity (Wildman–Crippen MR) is 73.4 cm³/mol. The van der Waals surface area contributed by atoms with E-state index in [1.807, 2.05) is 0 Å². The summed E-state index contributed by atoms with van der Waals surface area (Å²) in [6.07, 6.45) is 2.41. The lowest BCUT2D eigenvalue weighted by Crippen LogP contribution is -2.45. The summed E-state index contributed by atoms with van der Waals surface area (Å²) in [4.78, 5) is 9.11. The van der Waals surface area contributed by atoms with Crippen LogP contribution in [0.4, 0.5) is 0 Å². The van der Waals surface area contributed by atoms with Gasteiger partial charge in [0.2, 0.25) is 5.89 Å². The van der Waals surface area contributed by atoms with Gasteiger partial charge in [-0.2, -0.15) is 4.98 Å². The molecule has 1 saturated heterocycles. The fourth-order valence-corrected chi connectivity index (χ4v) is 2.63. The van der Waals surface area contributed by atoms with Gasteiger partial charge in [0.25, 0.3) is 0 Å². The number of aromatic nitrogens is 2. The number of hydrogen-bond acceptors (Lipinski definition) is 6. The molecule has 19 heavy (non-hydrogen) atoms. The number of likely N-dealkylation sites (tertiary alicyclic amines) is 1. The number of hydrogen-bond donors (Lipinski definition) is 1. The summed E-state index contributed by atoms with van der Waals surface area (Å²) in [6.45, 7) is 7.91. The van der Waals surface area contributed by atoms with E-state index in [4.69, 9.17) is 10.3 Å². The molecule has 0 amide bonds. The maximum absolute atomic E-state index is 5.46. The number of rotatable bonds is 5. The van der Waals surface area contributed by atoms with Crippen molar-refractivity contribution in [3.63, 3.8) is 0 Å². The molecule has 0 bridgehead atoms. The van der Waals surface area contributed by atoms with E-state index in [0.717, 1.165) is 12.4 Å². The van der Waals surface area contributed by atoms with Crippen LogP contribution >= 0.6 is 0 Å². The van der Waals surface area contributed by atoms with Crippen molar-refractivity contribution in [1.29, 1.82) is 0 Å². The van der Waals surface area contributed by atoms with E-state index >= 15 is 0 Å². The van der Waals surface area contributed by atoms with E-state index in [9.17, 15) is 0 Å². The van der Waals surface area contributed by atoms with Gasteiger partial charge in [0.15, 0.2) is 5.82 Å². The Kier molecular flexibility index (Phi) is 4.90. The van der Waals surface area contributed by atoms with Crippen molar-refractivity contribution >= 4 is 0 Å². The minimum atomic E-state index is 0.309. The first-order valence-corrected chi connectivity index (χ1v) is 7.06. The summed E-state index contributed by atoms with van der Waals surface area (Å²) >= 11 is 0. The van der Waals surface area contributed by atoms with Crippen LogP contribution in [0.1, 0.15) is 38.4 Å². The molecular weight excluding hydrogens is 242 g/mol. The molecule has 6 nitrogen and oxygen atoms in total. The molecule has 1 fully saturated rings. The van der Waals surface area contributed by atoms with Gasteiger partial charge in [-0.1, -0.05) is 5.16 Å². The number of piperidine rings is 1. The summed E-state index contributed by atoms with van der Waals surface area (Å²) < 4.78 is 5.03. The molecule has 2 rings (SSSR count). The van der Waals surface area contributed by atoms with Crippen LogP contribution in [0.5, 0.6) is 0 Å². The average Bonchev–Trinajstić information content (AvgIpc) is 2.86. The van der Waals surface area contributed by atoms with Crippen molar-refractivity contribution in [3.05, 3.63) is 11.7 Å². The summed E-state index contributed by atoms with van der Waals surface area (Å²) in [5.74, 6) is 1.24. The molecule has 0 radical (unpaired) electrons. The summed E-state index contributed by atoms with van der Waals surface area (Å²) in [7, 11) is 2.13. The molecule has 0 saturated carbocycles. The van der Waals surface area contributed by atoms with Crippen LogP contribution in [0, 0.1) is 0 Å². The normalized spacial score (nSPS) is 18.6. The van der Waals surface area contributed by atoms with Gasteiger partial charge in [-0.3, -0.25) is 4.90 Å². The van der Waals surface area contributed by atoms with E-state index < -0.39 is 0 Å². The van der Waals surface area contributed by atoms with Crippen molar-refractivity contribution in [2.24, 2.45) is 5.73 Å². The molecule has 2 N–H and O–H groups in total. The topological polar surface area (TPSA) is 71.4 Å². The second kappa shape index (κ2) is 6.45. The maximum atomic E-state index is 5.46. The van der Waals surface area contributed by atoms with Gasteiger partial charge >= 0.3 is 0 Å². The van der Waals surface area contributed by atoms with E-state index in [-0.39, 0.29) is 0 Å². The van der Waals surface area contributed by atoms with Crippen LogP contribution in [0.3, 0.4) is 0 Å². The monoisotopic (exact) mass is 267 g/mol. The van der Waals surface area contributed by atoms with Crippen molar-refractivity contribution < 1.29 is 4.52 Å². The molecule has 6 heteroatoms. The Morgan fingerprint density at radius 1 is 1.42 bits per heavy atom. The third-order valence-electron chi connectivity index (χ3n) is 3.93. The zero-order valence-electron chi connectivity index (χ0n) is 12.2. The second-order valence-corrected chi connectivity index (χ2v) is 5.58. The third kappa shape index (κ3) is 3.75. The summed E-state index contributed by atoms with van der Waals surface area (Å²) in [5, 5.41) is 3.95. The Bertz CT molecular complexity index is 384.